The lowest BCUT2D eigenvalue weighted by Gasteiger charge is -2.39. The Labute approximate surface area is 304 Å². The maximum Gasteiger partial charge on any atom is 0.416 e. The number of halogens is 4. The number of benzene rings is 1. The smallest absolute Gasteiger partial charge is 0.416 e. The Morgan fingerprint density at radius 2 is 1.85 bits per heavy atom. The van der Waals surface area contributed by atoms with Crippen LogP contribution < -0.4 is 15.6 Å². The minimum atomic E-state index is -4.62. The first-order chi connectivity index (χ1) is 25.1. The molecule has 2 N–H and O–H groups in total. The van der Waals surface area contributed by atoms with Crippen LogP contribution in [0.4, 0.5) is 18.9 Å². The normalized spacial score (nSPS) is 16.6. The maximum atomic E-state index is 14.5. The van der Waals surface area contributed by atoms with Gasteiger partial charge >= 0.3 is 6.18 Å². The molecule has 1 unspecified atom stereocenters. The summed E-state index contributed by atoms with van der Waals surface area (Å²) in [6.45, 7) is 5.42. The fraction of sp³-hybridized carbons (Fsp3) is 0.371. The Morgan fingerprint density at radius 1 is 1.11 bits per heavy atom. The van der Waals surface area contributed by atoms with Gasteiger partial charge in [-0.15, -0.1) is 5.10 Å². The van der Waals surface area contributed by atoms with Crippen LogP contribution in [-0.2, 0) is 22.9 Å². The molecule has 4 aromatic heterocycles. The molecule has 1 aliphatic carbocycles. The Bertz CT molecular complexity index is 2370. The molecule has 18 heteroatoms. The first-order valence-corrected chi connectivity index (χ1v) is 17.0. The number of amides is 2. The number of likely N-dealkylation sites (tertiary alicyclic amines) is 1. The number of aromatic hydroxyl groups is 1. The van der Waals surface area contributed by atoms with Crippen molar-refractivity contribution in [3.05, 3.63) is 85.9 Å². The van der Waals surface area contributed by atoms with Crippen molar-refractivity contribution in [3.8, 4) is 23.0 Å². The Balaban J connectivity index is 1.30. The lowest BCUT2D eigenvalue weighted by atomic mass is 9.73. The monoisotopic (exact) mass is 751 g/mol. The zero-order chi connectivity index (χ0) is 38.0. The minimum Gasteiger partial charge on any atom is -0.504 e. The second-order valence-electron chi connectivity index (χ2n) is 13.4. The van der Waals surface area contributed by atoms with Gasteiger partial charge in [-0.2, -0.15) is 22.7 Å². The molecule has 7 rings (SSSR count). The quantitative estimate of drug-likeness (QED) is 0.239. The Kier molecular flexibility index (Phi) is 8.87. The number of aromatic nitrogens is 7. The number of carbonyl (C=O) groups is 2. The van der Waals surface area contributed by atoms with Gasteiger partial charge in [0.05, 0.1) is 29.1 Å². The van der Waals surface area contributed by atoms with Crippen molar-refractivity contribution in [2.75, 3.05) is 25.5 Å². The first kappa shape index (κ1) is 35.8. The van der Waals surface area contributed by atoms with Gasteiger partial charge in [0.15, 0.2) is 17.3 Å². The summed E-state index contributed by atoms with van der Waals surface area (Å²) < 4.78 is 47.9. The molecule has 1 aliphatic heterocycles. The van der Waals surface area contributed by atoms with E-state index in [1.165, 1.54) is 13.4 Å². The highest BCUT2D eigenvalue weighted by Crippen LogP contribution is 2.50. The molecule has 5 heterocycles. The minimum absolute atomic E-state index is 0.0219. The summed E-state index contributed by atoms with van der Waals surface area (Å²) in [6.07, 6.45) is -2.07. The van der Waals surface area contributed by atoms with Crippen molar-refractivity contribution in [2.45, 2.75) is 64.1 Å². The largest absolute Gasteiger partial charge is 0.504 e. The molecular weight excluding hydrogens is 719 g/mol. The maximum absolute atomic E-state index is 14.5. The molecule has 1 fully saturated rings. The molecule has 0 radical (unpaired) electrons. The van der Waals surface area contributed by atoms with Crippen molar-refractivity contribution < 1.29 is 32.6 Å². The second-order valence-corrected chi connectivity index (χ2v) is 13.8. The third kappa shape index (κ3) is 6.32. The number of methoxy groups -OCH3 is 1. The summed E-state index contributed by atoms with van der Waals surface area (Å²) in [4.78, 5) is 60.2. The lowest BCUT2D eigenvalue weighted by molar-refractivity contribution is -0.137. The molecule has 1 saturated heterocycles. The number of carbonyl (C=O) groups excluding carboxylic acids is 2. The molecule has 1 atom stereocenters. The van der Waals surface area contributed by atoms with Gasteiger partial charge in [0, 0.05) is 47.1 Å². The lowest BCUT2D eigenvalue weighted by Crippen LogP contribution is -2.46. The van der Waals surface area contributed by atoms with Crippen molar-refractivity contribution in [2.24, 2.45) is 0 Å². The number of fused-ring (bicyclic) bond motifs is 3. The van der Waals surface area contributed by atoms with E-state index in [4.69, 9.17) is 21.3 Å². The van der Waals surface area contributed by atoms with Crippen LogP contribution in [0.2, 0.25) is 5.02 Å². The molecule has 5 aromatic rings. The number of hydrogen-bond donors (Lipinski definition) is 2. The summed E-state index contributed by atoms with van der Waals surface area (Å²) >= 11 is 6.16. The predicted molar refractivity (Wildman–Crippen MR) is 185 cm³/mol. The average molecular weight is 752 g/mol. The van der Waals surface area contributed by atoms with Crippen LogP contribution in [0, 0.1) is 13.8 Å². The van der Waals surface area contributed by atoms with Gasteiger partial charge in [0.1, 0.15) is 12.9 Å². The van der Waals surface area contributed by atoms with Gasteiger partial charge in [-0.25, -0.2) is 15.0 Å². The number of nitrogens with zero attached hydrogens (tertiary/aromatic N) is 8. The number of pyridine rings is 1. The highest BCUT2D eigenvalue weighted by atomic mass is 35.5. The summed E-state index contributed by atoms with van der Waals surface area (Å²) in [5, 5.41) is 17.4. The van der Waals surface area contributed by atoms with Gasteiger partial charge in [0.25, 0.3) is 11.5 Å². The summed E-state index contributed by atoms with van der Waals surface area (Å²) in [6, 6.07) is 5.99. The van der Waals surface area contributed by atoms with E-state index in [2.05, 4.69) is 25.4 Å². The fourth-order valence-corrected chi connectivity index (χ4v) is 7.74. The van der Waals surface area contributed by atoms with E-state index in [1.807, 2.05) is 6.92 Å². The standard InChI is InChI=1S/C35H33ClF3N9O5/c1-17-14-34(7-9-46(10-8-34)32(52)27-29(50)19(3)40-16-41-27)26-28(17)47(15-24(49)43-23-6-5-21(13-22(23)36)35(37,38)39)33-44-30(45-48(33)31(26)51)20-11-18(2)42-25(12-20)53-4/h5-6,11-13,16-17,50H,7-10,14-15H2,1-4H3,(H,43,49). The van der Waals surface area contributed by atoms with Gasteiger partial charge in [-0.05, 0) is 63.3 Å². The zero-order valence-corrected chi connectivity index (χ0v) is 29.7. The van der Waals surface area contributed by atoms with Gasteiger partial charge in [-0.3, -0.25) is 14.4 Å². The Morgan fingerprint density at radius 3 is 2.53 bits per heavy atom. The first-order valence-electron chi connectivity index (χ1n) is 16.6. The summed E-state index contributed by atoms with van der Waals surface area (Å²) in [5.74, 6) is -1.05. The molecule has 1 spiro atoms. The van der Waals surface area contributed by atoms with Crippen LogP contribution in [0.3, 0.4) is 0 Å². The third-order valence-corrected chi connectivity index (χ3v) is 10.3. The van der Waals surface area contributed by atoms with Crippen molar-refractivity contribution >= 4 is 34.9 Å². The fourth-order valence-electron chi connectivity index (χ4n) is 7.51. The summed E-state index contributed by atoms with van der Waals surface area (Å²) in [5.41, 5.74) is 0.229. The van der Waals surface area contributed by atoms with Crippen molar-refractivity contribution in [1.82, 2.24) is 39.0 Å². The summed E-state index contributed by atoms with van der Waals surface area (Å²) in [7, 11) is 1.47. The van der Waals surface area contributed by atoms with E-state index >= 15 is 0 Å². The molecule has 0 bridgehead atoms. The van der Waals surface area contributed by atoms with E-state index in [1.54, 1.807) is 35.4 Å². The van der Waals surface area contributed by atoms with E-state index in [-0.39, 0.29) is 65.0 Å². The number of anilines is 1. The number of rotatable bonds is 6. The van der Waals surface area contributed by atoms with Gasteiger partial charge < -0.3 is 24.6 Å². The highest BCUT2D eigenvalue weighted by Gasteiger charge is 2.49. The highest BCUT2D eigenvalue weighted by molar-refractivity contribution is 6.33. The molecule has 14 nitrogen and oxygen atoms in total. The van der Waals surface area contributed by atoms with Crippen molar-refractivity contribution in [1.29, 1.82) is 0 Å². The topological polar surface area (TPSA) is 170 Å². The van der Waals surface area contributed by atoms with Gasteiger partial charge in [-0.1, -0.05) is 18.5 Å². The molecule has 0 saturated carbocycles. The second kappa shape index (κ2) is 13.1. The van der Waals surface area contributed by atoms with E-state index < -0.39 is 34.5 Å². The molecular formula is C35H33ClF3N9O5. The van der Waals surface area contributed by atoms with Crippen LogP contribution in [0.5, 0.6) is 11.6 Å². The zero-order valence-electron chi connectivity index (χ0n) is 29.0. The molecule has 2 aliphatic rings. The van der Waals surface area contributed by atoms with E-state index in [9.17, 15) is 32.7 Å². The number of nitrogens with one attached hydrogen (secondary N) is 1. The SMILES string of the molecule is COc1cc(-c2nc3n(CC(=O)Nc4ccc(C(F)(F)F)cc4Cl)c4c(c(=O)n3n2)C2(CCN(C(=O)c3ncnc(C)c3O)CC2)CC4C)cc(C)n1. The van der Waals surface area contributed by atoms with Crippen LogP contribution >= 0.6 is 11.6 Å². The molecule has 2 amide bonds. The average Bonchev–Trinajstić information content (AvgIpc) is 3.68. The van der Waals surface area contributed by atoms with Crippen LogP contribution in [0.1, 0.15) is 70.8 Å². The van der Waals surface area contributed by atoms with E-state index in [0.29, 0.717) is 47.7 Å². The number of hydrogen-bond acceptors (Lipinski definition) is 10. The van der Waals surface area contributed by atoms with Gasteiger partial charge in [0.2, 0.25) is 17.6 Å². The molecule has 276 valence electrons. The predicted octanol–water partition coefficient (Wildman–Crippen LogP) is 5.07. The van der Waals surface area contributed by atoms with Crippen LogP contribution in [-0.4, -0.2) is 76.1 Å². The van der Waals surface area contributed by atoms with Crippen molar-refractivity contribution in [3.63, 3.8) is 0 Å². The number of alkyl halides is 3. The molecule has 1 aromatic carbocycles. The number of ether oxygens (including phenoxy) is 1. The van der Waals surface area contributed by atoms with Crippen LogP contribution in [0.15, 0.2) is 41.5 Å². The van der Waals surface area contributed by atoms with Crippen LogP contribution in [0.25, 0.3) is 17.2 Å². The Hall–Kier alpha value is -5.58. The van der Waals surface area contributed by atoms with E-state index in [0.717, 1.165) is 22.7 Å². The number of piperidine rings is 1. The number of aryl methyl sites for hydroxylation is 2. The third-order valence-electron chi connectivity index (χ3n) is 9.96. The molecule has 53 heavy (non-hydrogen) atoms.